The Morgan fingerprint density at radius 3 is 2.47 bits per heavy atom. The zero-order valence-electron chi connectivity index (χ0n) is 11.5. The minimum atomic E-state index is -0.972. The van der Waals surface area contributed by atoms with Crippen molar-refractivity contribution in [3.05, 3.63) is 23.3 Å². The highest BCUT2D eigenvalue weighted by atomic mass is 16.4. The first-order valence-corrected chi connectivity index (χ1v) is 6.60. The first-order chi connectivity index (χ1) is 9.10. The van der Waals surface area contributed by atoms with Gasteiger partial charge in [-0.3, -0.25) is 4.90 Å². The average Bonchev–Trinajstić information content (AvgIpc) is 2.39. The molecule has 0 aromatic carbocycles. The predicted molar refractivity (Wildman–Crippen MR) is 71.1 cm³/mol. The molecule has 1 aliphatic heterocycles. The van der Waals surface area contributed by atoms with Crippen LogP contribution in [0, 0.1) is 6.92 Å². The first kappa shape index (κ1) is 13.9. The van der Waals surface area contributed by atoms with Crippen molar-refractivity contribution in [2.45, 2.75) is 20.4 Å². The Kier molecular flexibility index (Phi) is 4.44. The summed E-state index contributed by atoms with van der Waals surface area (Å²) in [7, 11) is 0. The van der Waals surface area contributed by atoms with Crippen molar-refractivity contribution in [2.24, 2.45) is 0 Å². The molecule has 0 aliphatic carbocycles. The van der Waals surface area contributed by atoms with Crippen LogP contribution in [0.5, 0.6) is 0 Å². The molecule has 104 valence electrons. The van der Waals surface area contributed by atoms with Gasteiger partial charge in [-0.1, -0.05) is 6.92 Å². The monoisotopic (exact) mass is 264 g/mol. The Labute approximate surface area is 113 Å². The zero-order valence-corrected chi connectivity index (χ0v) is 11.5. The third-order valence-electron chi connectivity index (χ3n) is 3.54. The molecule has 0 unspecified atom stereocenters. The molecule has 6 heteroatoms. The number of hydrogen-bond acceptors (Lipinski definition) is 5. The third-order valence-corrected chi connectivity index (χ3v) is 3.54. The van der Waals surface area contributed by atoms with E-state index in [-0.39, 0.29) is 5.56 Å². The van der Waals surface area contributed by atoms with Crippen LogP contribution in [0.3, 0.4) is 0 Å². The molecule has 0 bridgehead atoms. The van der Waals surface area contributed by atoms with Crippen LogP contribution < -0.4 is 0 Å². The standard InChI is InChI=1S/C13H20N4O2/c1-3-16-4-6-17(7-5-16)9-12-14-8-11(13(18)19)10(2)15-12/h8H,3-7,9H2,1-2H3,(H,18,19). The Hall–Kier alpha value is -1.53. The van der Waals surface area contributed by atoms with Crippen molar-refractivity contribution in [2.75, 3.05) is 32.7 Å². The smallest absolute Gasteiger partial charge is 0.339 e. The van der Waals surface area contributed by atoms with E-state index in [9.17, 15) is 4.79 Å². The molecule has 0 amide bonds. The zero-order chi connectivity index (χ0) is 13.8. The van der Waals surface area contributed by atoms with Crippen LogP contribution in [-0.4, -0.2) is 63.6 Å². The maximum absolute atomic E-state index is 10.9. The number of carboxylic acid groups (broad SMARTS) is 1. The average molecular weight is 264 g/mol. The topological polar surface area (TPSA) is 69.6 Å². The van der Waals surface area contributed by atoms with Crippen molar-refractivity contribution in [3.63, 3.8) is 0 Å². The number of aromatic nitrogens is 2. The molecule has 0 spiro atoms. The van der Waals surface area contributed by atoms with E-state index in [4.69, 9.17) is 5.11 Å². The van der Waals surface area contributed by atoms with Gasteiger partial charge in [0.1, 0.15) is 5.82 Å². The number of carbonyl (C=O) groups is 1. The normalized spacial score (nSPS) is 17.6. The van der Waals surface area contributed by atoms with E-state index in [2.05, 4.69) is 26.7 Å². The number of aromatic carboxylic acids is 1. The molecular formula is C13H20N4O2. The fourth-order valence-electron chi connectivity index (χ4n) is 2.26. The van der Waals surface area contributed by atoms with Gasteiger partial charge in [0.25, 0.3) is 0 Å². The van der Waals surface area contributed by atoms with Crippen molar-refractivity contribution in [3.8, 4) is 0 Å². The highest BCUT2D eigenvalue weighted by Gasteiger charge is 2.17. The largest absolute Gasteiger partial charge is 0.478 e. The third kappa shape index (κ3) is 3.48. The Bertz CT molecular complexity index is 456. The number of likely N-dealkylation sites (N-methyl/N-ethyl adjacent to an activating group) is 1. The van der Waals surface area contributed by atoms with Gasteiger partial charge in [0.15, 0.2) is 0 Å². The molecule has 0 saturated carbocycles. The molecule has 1 aromatic rings. The molecule has 1 N–H and O–H groups in total. The highest BCUT2D eigenvalue weighted by molar-refractivity contribution is 5.88. The lowest BCUT2D eigenvalue weighted by molar-refractivity contribution is 0.0695. The fraction of sp³-hybridized carbons (Fsp3) is 0.615. The molecule has 0 atom stereocenters. The minimum absolute atomic E-state index is 0.180. The second-order valence-electron chi connectivity index (χ2n) is 4.80. The maximum atomic E-state index is 10.9. The summed E-state index contributed by atoms with van der Waals surface area (Å²) in [6, 6.07) is 0. The number of piperazine rings is 1. The van der Waals surface area contributed by atoms with Crippen LogP contribution in [0.4, 0.5) is 0 Å². The van der Waals surface area contributed by atoms with Gasteiger partial charge in [0.2, 0.25) is 0 Å². The van der Waals surface area contributed by atoms with Gasteiger partial charge in [-0.25, -0.2) is 14.8 Å². The van der Waals surface area contributed by atoms with Crippen LogP contribution in [-0.2, 0) is 6.54 Å². The van der Waals surface area contributed by atoms with Crippen LogP contribution in [0.25, 0.3) is 0 Å². The van der Waals surface area contributed by atoms with E-state index in [0.29, 0.717) is 18.1 Å². The van der Waals surface area contributed by atoms with Crippen molar-refractivity contribution in [1.29, 1.82) is 0 Å². The summed E-state index contributed by atoms with van der Waals surface area (Å²) < 4.78 is 0. The second-order valence-corrected chi connectivity index (χ2v) is 4.80. The molecular weight excluding hydrogens is 244 g/mol. The van der Waals surface area contributed by atoms with E-state index in [1.165, 1.54) is 6.20 Å². The summed E-state index contributed by atoms with van der Waals surface area (Å²) in [5, 5.41) is 8.94. The van der Waals surface area contributed by atoms with Crippen molar-refractivity contribution < 1.29 is 9.90 Å². The molecule has 2 rings (SSSR count). The lowest BCUT2D eigenvalue weighted by Crippen LogP contribution is -2.45. The highest BCUT2D eigenvalue weighted by Crippen LogP contribution is 2.08. The summed E-state index contributed by atoms with van der Waals surface area (Å²) >= 11 is 0. The van der Waals surface area contributed by atoms with Crippen molar-refractivity contribution in [1.82, 2.24) is 19.8 Å². The van der Waals surface area contributed by atoms with E-state index >= 15 is 0 Å². The summed E-state index contributed by atoms with van der Waals surface area (Å²) in [6.07, 6.45) is 1.41. The van der Waals surface area contributed by atoms with Crippen LogP contribution >= 0.6 is 0 Å². The number of nitrogens with zero attached hydrogens (tertiary/aromatic N) is 4. The van der Waals surface area contributed by atoms with Gasteiger partial charge < -0.3 is 10.0 Å². The Morgan fingerprint density at radius 1 is 1.32 bits per heavy atom. The van der Waals surface area contributed by atoms with Gasteiger partial charge >= 0.3 is 5.97 Å². The van der Waals surface area contributed by atoms with Crippen molar-refractivity contribution >= 4 is 5.97 Å². The lowest BCUT2D eigenvalue weighted by atomic mass is 10.2. The Morgan fingerprint density at radius 2 is 1.95 bits per heavy atom. The lowest BCUT2D eigenvalue weighted by Gasteiger charge is -2.33. The fourth-order valence-corrected chi connectivity index (χ4v) is 2.26. The molecule has 6 nitrogen and oxygen atoms in total. The van der Waals surface area contributed by atoms with Gasteiger partial charge in [0.05, 0.1) is 17.8 Å². The van der Waals surface area contributed by atoms with Crippen LogP contribution in [0.15, 0.2) is 6.20 Å². The summed E-state index contributed by atoms with van der Waals surface area (Å²) in [6.45, 7) is 9.84. The van der Waals surface area contributed by atoms with Crippen LogP contribution in [0.2, 0.25) is 0 Å². The minimum Gasteiger partial charge on any atom is -0.478 e. The van der Waals surface area contributed by atoms with Gasteiger partial charge in [0, 0.05) is 32.4 Å². The molecule has 1 aromatic heterocycles. The quantitative estimate of drug-likeness (QED) is 0.859. The second kappa shape index (κ2) is 6.08. The number of aryl methyl sites for hydroxylation is 1. The van der Waals surface area contributed by atoms with E-state index in [0.717, 1.165) is 32.7 Å². The molecule has 1 fully saturated rings. The number of rotatable bonds is 4. The van der Waals surface area contributed by atoms with Gasteiger partial charge in [-0.15, -0.1) is 0 Å². The summed E-state index contributed by atoms with van der Waals surface area (Å²) in [5.74, 6) is -0.270. The summed E-state index contributed by atoms with van der Waals surface area (Å²) in [5.41, 5.74) is 0.712. The first-order valence-electron chi connectivity index (χ1n) is 6.60. The summed E-state index contributed by atoms with van der Waals surface area (Å²) in [4.78, 5) is 24.0. The number of hydrogen-bond donors (Lipinski definition) is 1. The van der Waals surface area contributed by atoms with Gasteiger partial charge in [-0.2, -0.15) is 0 Å². The van der Waals surface area contributed by atoms with E-state index in [1.807, 2.05) is 0 Å². The number of carboxylic acids is 1. The Balaban J connectivity index is 1.97. The van der Waals surface area contributed by atoms with Crippen LogP contribution in [0.1, 0.15) is 28.8 Å². The SMILES string of the molecule is CCN1CCN(Cc2ncc(C(=O)O)c(C)n2)CC1. The van der Waals surface area contributed by atoms with Gasteiger partial charge in [-0.05, 0) is 13.5 Å². The molecule has 1 aliphatic rings. The van der Waals surface area contributed by atoms with E-state index < -0.39 is 5.97 Å². The molecule has 19 heavy (non-hydrogen) atoms. The maximum Gasteiger partial charge on any atom is 0.339 e. The molecule has 2 heterocycles. The molecule has 0 radical (unpaired) electrons. The van der Waals surface area contributed by atoms with E-state index in [1.54, 1.807) is 6.92 Å². The predicted octanol–water partition coefficient (Wildman–Crippen LogP) is 0.621. The molecule has 1 saturated heterocycles.